The van der Waals surface area contributed by atoms with E-state index in [1.807, 2.05) is 0 Å². The molecule has 0 saturated carbocycles. The predicted octanol–water partition coefficient (Wildman–Crippen LogP) is 2.81. The second kappa shape index (κ2) is 6.55. The molecule has 0 aromatic rings. The molecule has 0 spiro atoms. The largest absolute Gasteiger partial charge is 0.179 e. The summed E-state index contributed by atoms with van der Waals surface area (Å²) in [6.07, 6.45) is 1.16. The first kappa shape index (κ1) is 12.0. The summed E-state index contributed by atoms with van der Waals surface area (Å²) in [6.45, 7) is 4.44. The molecule has 0 nitrogen and oxygen atoms in total. The normalized spacial score (nSPS) is 14.5. The topological polar surface area (TPSA) is 0 Å². The van der Waals surface area contributed by atoms with E-state index in [0.29, 0.717) is 11.2 Å². The van der Waals surface area contributed by atoms with Crippen LogP contribution in [-0.4, -0.2) is 16.8 Å². The van der Waals surface area contributed by atoms with Crippen molar-refractivity contribution in [3.63, 3.8) is 0 Å². The van der Waals surface area contributed by atoms with Crippen LogP contribution in [0.25, 0.3) is 0 Å². The zero-order valence-corrected chi connectivity index (χ0v) is 9.88. The van der Waals surface area contributed by atoms with E-state index in [1.54, 1.807) is 0 Å². The molecule has 0 aliphatic rings. The zero-order valence-electron chi connectivity index (χ0n) is 7.20. The molecule has 1 atom stereocenters. The molecular weight excluding hydrogens is 192 g/mol. The molecule has 3 heteroatoms. The Morgan fingerprint density at radius 3 is 1.82 bits per heavy atom. The Kier molecular flexibility index (Phi) is 7.18. The van der Waals surface area contributed by atoms with E-state index in [2.05, 4.69) is 51.7 Å². The van der Waals surface area contributed by atoms with Crippen molar-refractivity contribution in [2.24, 2.45) is 11.8 Å². The van der Waals surface area contributed by atoms with Gasteiger partial charge >= 0.3 is 0 Å². The van der Waals surface area contributed by atoms with Crippen molar-refractivity contribution in [1.82, 2.24) is 0 Å². The Balaban J connectivity index is 3.68. The van der Waals surface area contributed by atoms with Gasteiger partial charge < -0.3 is 0 Å². The molecule has 0 amide bonds. The van der Waals surface area contributed by atoms with E-state index in [9.17, 15) is 0 Å². The van der Waals surface area contributed by atoms with Crippen molar-refractivity contribution < 1.29 is 0 Å². The van der Waals surface area contributed by atoms with Crippen molar-refractivity contribution in [2.75, 3.05) is 11.5 Å². The van der Waals surface area contributed by atoms with Crippen LogP contribution in [-0.2, 0) is 0 Å². The third-order valence-electron chi connectivity index (χ3n) is 1.73. The van der Waals surface area contributed by atoms with Crippen LogP contribution in [0.15, 0.2) is 0 Å². The number of hydrogen-bond acceptors (Lipinski definition) is 3. The molecular formula is C8H18S3. The summed E-state index contributed by atoms with van der Waals surface area (Å²) >= 11 is 13.0. The van der Waals surface area contributed by atoms with Crippen LogP contribution >= 0.6 is 37.9 Å². The van der Waals surface area contributed by atoms with Crippen molar-refractivity contribution in [2.45, 2.75) is 25.5 Å². The minimum atomic E-state index is 0.463. The number of hydrogen-bond donors (Lipinski definition) is 3. The van der Waals surface area contributed by atoms with Gasteiger partial charge in [-0.2, -0.15) is 37.9 Å². The van der Waals surface area contributed by atoms with Gasteiger partial charge in [0.2, 0.25) is 0 Å². The van der Waals surface area contributed by atoms with E-state index in [1.165, 1.54) is 0 Å². The highest BCUT2D eigenvalue weighted by Crippen LogP contribution is 2.20. The third kappa shape index (κ3) is 5.31. The summed E-state index contributed by atoms with van der Waals surface area (Å²) in [4.78, 5) is 0. The first-order valence-electron chi connectivity index (χ1n) is 4.01. The maximum atomic E-state index is 4.53. The van der Waals surface area contributed by atoms with Crippen LogP contribution < -0.4 is 0 Å². The standard InChI is InChI=1S/C8H18S3/c1-6(2)3-8(11)7(4-9)5-10/h6-11H,3-5H2,1-2H3. The fraction of sp³-hybridized carbons (Fsp3) is 1.00. The minimum Gasteiger partial charge on any atom is -0.179 e. The van der Waals surface area contributed by atoms with Gasteiger partial charge in [0, 0.05) is 5.25 Å². The second-order valence-corrected chi connectivity index (χ2v) is 4.72. The molecule has 0 aromatic carbocycles. The monoisotopic (exact) mass is 210 g/mol. The first-order valence-corrected chi connectivity index (χ1v) is 5.79. The molecule has 0 aromatic heterocycles. The van der Waals surface area contributed by atoms with Gasteiger partial charge in [0.25, 0.3) is 0 Å². The summed E-state index contributed by atoms with van der Waals surface area (Å²) in [6, 6.07) is 0. The van der Waals surface area contributed by atoms with Crippen LogP contribution in [0.3, 0.4) is 0 Å². The fourth-order valence-electron chi connectivity index (χ4n) is 0.977. The molecule has 0 heterocycles. The molecule has 0 saturated heterocycles. The molecule has 68 valence electrons. The Morgan fingerprint density at radius 1 is 1.09 bits per heavy atom. The van der Waals surface area contributed by atoms with E-state index >= 15 is 0 Å². The van der Waals surface area contributed by atoms with Crippen LogP contribution in [0.2, 0.25) is 0 Å². The Bertz CT molecular complexity index is 89.3. The molecule has 0 N–H and O–H groups in total. The number of thiol groups is 3. The van der Waals surface area contributed by atoms with Crippen molar-refractivity contribution in [3.05, 3.63) is 0 Å². The third-order valence-corrected chi connectivity index (χ3v) is 3.30. The minimum absolute atomic E-state index is 0.463. The van der Waals surface area contributed by atoms with Gasteiger partial charge in [-0.05, 0) is 29.8 Å². The Hall–Kier alpha value is 1.05. The average Bonchev–Trinajstić information content (AvgIpc) is 1.88. The maximum absolute atomic E-state index is 4.53. The van der Waals surface area contributed by atoms with Gasteiger partial charge in [0.05, 0.1) is 0 Å². The lowest BCUT2D eigenvalue weighted by Crippen LogP contribution is -2.20. The van der Waals surface area contributed by atoms with E-state index in [0.717, 1.165) is 23.8 Å². The van der Waals surface area contributed by atoms with Crippen LogP contribution in [0.4, 0.5) is 0 Å². The highest BCUT2D eigenvalue weighted by atomic mass is 32.1. The lowest BCUT2D eigenvalue weighted by Gasteiger charge is -2.20. The maximum Gasteiger partial charge on any atom is 0.00630 e. The quantitative estimate of drug-likeness (QED) is 0.571. The Morgan fingerprint density at radius 2 is 1.55 bits per heavy atom. The fourth-order valence-corrected chi connectivity index (χ4v) is 2.91. The summed E-state index contributed by atoms with van der Waals surface area (Å²) in [5.41, 5.74) is 0. The van der Waals surface area contributed by atoms with Crippen LogP contribution in [0, 0.1) is 11.8 Å². The van der Waals surface area contributed by atoms with E-state index in [4.69, 9.17) is 0 Å². The zero-order chi connectivity index (χ0) is 8.85. The van der Waals surface area contributed by atoms with Crippen LogP contribution in [0.5, 0.6) is 0 Å². The molecule has 0 bridgehead atoms. The lowest BCUT2D eigenvalue weighted by atomic mass is 10.00. The SMILES string of the molecule is CC(C)CC(S)C(CS)CS. The summed E-state index contributed by atoms with van der Waals surface area (Å²) < 4.78 is 0. The first-order chi connectivity index (χ1) is 5.11. The second-order valence-electron chi connectivity index (χ2n) is 3.32. The van der Waals surface area contributed by atoms with Gasteiger partial charge in [-0.3, -0.25) is 0 Å². The van der Waals surface area contributed by atoms with Gasteiger partial charge in [-0.1, -0.05) is 13.8 Å². The average molecular weight is 210 g/mol. The highest BCUT2D eigenvalue weighted by Gasteiger charge is 2.15. The summed E-state index contributed by atoms with van der Waals surface area (Å²) in [5, 5.41) is 0.463. The van der Waals surface area contributed by atoms with Gasteiger partial charge in [-0.15, -0.1) is 0 Å². The Labute approximate surface area is 86.8 Å². The summed E-state index contributed by atoms with van der Waals surface area (Å²) in [7, 11) is 0. The van der Waals surface area contributed by atoms with E-state index in [-0.39, 0.29) is 0 Å². The molecule has 0 rings (SSSR count). The van der Waals surface area contributed by atoms with Crippen molar-refractivity contribution >= 4 is 37.9 Å². The van der Waals surface area contributed by atoms with Gasteiger partial charge in [-0.25, -0.2) is 0 Å². The van der Waals surface area contributed by atoms with Gasteiger partial charge in [0.15, 0.2) is 0 Å². The summed E-state index contributed by atoms with van der Waals surface area (Å²) in [5.74, 6) is 3.06. The smallest absolute Gasteiger partial charge is 0.00630 e. The molecule has 11 heavy (non-hydrogen) atoms. The van der Waals surface area contributed by atoms with E-state index < -0.39 is 0 Å². The molecule has 0 aliphatic heterocycles. The number of rotatable bonds is 5. The van der Waals surface area contributed by atoms with Crippen molar-refractivity contribution in [1.29, 1.82) is 0 Å². The molecule has 0 fully saturated rings. The van der Waals surface area contributed by atoms with Crippen molar-refractivity contribution in [3.8, 4) is 0 Å². The highest BCUT2D eigenvalue weighted by molar-refractivity contribution is 7.82. The lowest BCUT2D eigenvalue weighted by molar-refractivity contribution is 0.502. The molecule has 1 unspecified atom stereocenters. The predicted molar refractivity (Wildman–Crippen MR) is 63.4 cm³/mol. The van der Waals surface area contributed by atoms with Crippen LogP contribution in [0.1, 0.15) is 20.3 Å². The molecule has 0 radical (unpaired) electrons. The molecule has 0 aliphatic carbocycles. The van der Waals surface area contributed by atoms with Gasteiger partial charge in [0.1, 0.15) is 0 Å².